The van der Waals surface area contributed by atoms with Gasteiger partial charge in [0.05, 0.1) is 0 Å². The van der Waals surface area contributed by atoms with Crippen LogP contribution in [-0.4, -0.2) is 12.9 Å². The van der Waals surface area contributed by atoms with Gasteiger partial charge in [0, 0.05) is 5.56 Å². The van der Waals surface area contributed by atoms with E-state index in [1.54, 1.807) is 6.92 Å². The van der Waals surface area contributed by atoms with Gasteiger partial charge in [-0.3, -0.25) is 4.79 Å². The molecular formula is C13H14O2. The van der Waals surface area contributed by atoms with E-state index in [-0.39, 0.29) is 0 Å². The number of carbonyl (C=O) groups is 1. The van der Waals surface area contributed by atoms with Gasteiger partial charge in [-0.2, -0.15) is 0 Å². The SMILES string of the molecule is CC#CCOc1c(C)cc(C=O)cc1C. The monoisotopic (exact) mass is 202 g/mol. The number of aryl methyl sites for hydroxylation is 2. The number of ether oxygens (including phenoxy) is 1. The lowest BCUT2D eigenvalue weighted by Crippen LogP contribution is -1.99. The second-order valence-corrected chi connectivity index (χ2v) is 3.32. The molecule has 0 bridgehead atoms. The molecule has 0 aliphatic carbocycles. The minimum absolute atomic E-state index is 0.388. The maximum absolute atomic E-state index is 10.6. The van der Waals surface area contributed by atoms with E-state index in [1.165, 1.54) is 0 Å². The largest absolute Gasteiger partial charge is 0.480 e. The molecule has 0 N–H and O–H groups in total. The maximum atomic E-state index is 10.6. The fourth-order valence-corrected chi connectivity index (χ4v) is 1.46. The van der Waals surface area contributed by atoms with Crippen molar-refractivity contribution in [3.63, 3.8) is 0 Å². The quantitative estimate of drug-likeness (QED) is 0.556. The minimum Gasteiger partial charge on any atom is -0.480 e. The van der Waals surface area contributed by atoms with Gasteiger partial charge >= 0.3 is 0 Å². The lowest BCUT2D eigenvalue weighted by molar-refractivity contribution is 0.112. The van der Waals surface area contributed by atoms with Crippen LogP contribution in [0.2, 0.25) is 0 Å². The third-order valence-corrected chi connectivity index (χ3v) is 2.08. The van der Waals surface area contributed by atoms with Crippen molar-refractivity contribution < 1.29 is 9.53 Å². The van der Waals surface area contributed by atoms with Crippen molar-refractivity contribution >= 4 is 6.29 Å². The summed E-state index contributed by atoms with van der Waals surface area (Å²) in [5, 5.41) is 0. The molecule has 0 fully saturated rings. The highest BCUT2D eigenvalue weighted by atomic mass is 16.5. The first-order chi connectivity index (χ1) is 7.19. The Hall–Kier alpha value is -1.75. The standard InChI is InChI=1S/C13H14O2/c1-4-5-6-15-13-10(2)7-12(9-14)8-11(13)3/h7-9H,6H2,1-3H3. The Morgan fingerprint density at radius 3 is 2.40 bits per heavy atom. The number of aldehydes is 1. The molecule has 1 aromatic carbocycles. The zero-order valence-electron chi connectivity index (χ0n) is 9.26. The second kappa shape index (κ2) is 5.21. The van der Waals surface area contributed by atoms with Crippen LogP contribution in [0.25, 0.3) is 0 Å². The van der Waals surface area contributed by atoms with Crippen LogP contribution in [0.3, 0.4) is 0 Å². The molecule has 0 heterocycles. The number of rotatable bonds is 3. The highest BCUT2D eigenvalue weighted by molar-refractivity contribution is 5.76. The molecule has 0 saturated carbocycles. The van der Waals surface area contributed by atoms with E-state index in [0.717, 1.165) is 23.2 Å². The minimum atomic E-state index is 0.388. The summed E-state index contributed by atoms with van der Waals surface area (Å²) in [6.07, 6.45) is 0.843. The lowest BCUT2D eigenvalue weighted by atomic mass is 10.1. The number of benzene rings is 1. The average molecular weight is 202 g/mol. The van der Waals surface area contributed by atoms with Gasteiger partial charge < -0.3 is 4.74 Å². The van der Waals surface area contributed by atoms with Crippen LogP contribution in [0.1, 0.15) is 28.4 Å². The Morgan fingerprint density at radius 2 is 1.93 bits per heavy atom. The molecule has 2 nitrogen and oxygen atoms in total. The van der Waals surface area contributed by atoms with Gasteiger partial charge in [0.25, 0.3) is 0 Å². The lowest BCUT2D eigenvalue weighted by Gasteiger charge is -2.10. The van der Waals surface area contributed by atoms with Crippen molar-refractivity contribution in [3.05, 3.63) is 28.8 Å². The van der Waals surface area contributed by atoms with E-state index < -0.39 is 0 Å². The molecule has 0 aliphatic rings. The van der Waals surface area contributed by atoms with E-state index in [2.05, 4.69) is 11.8 Å². The Bertz CT molecular complexity index is 399. The highest BCUT2D eigenvalue weighted by Gasteiger charge is 2.05. The van der Waals surface area contributed by atoms with Crippen LogP contribution in [0.4, 0.5) is 0 Å². The normalized spacial score (nSPS) is 9.00. The number of hydrogen-bond acceptors (Lipinski definition) is 2. The average Bonchev–Trinajstić information content (AvgIpc) is 2.22. The molecule has 0 aliphatic heterocycles. The number of hydrogen-bond donors (Lipinski definition) is 0. The smallest absolute Gasteiger partial charge is 0.150 e. The van der Waals surface area contributed by atoms with Crippen molar-refractivity contribution in [2.75, 3.05) is 6.61 Å². The molecular weight excluding hydrogens is 188 g/mol. The van der Waals surface area contributed by atoms with Crippen molar-refractivity contribution in [2.24, 2.45) is 0 Å². The summed E-state index contributed by atoms with van der Waals surface area (Å²) in [6, 6.07) is 3.63. The molecule has 15 heavy (non-hydrogen) atoms. The molecule has 0 aromatic heterocycles. The second-order valence-electron chi connectivity index (χ2n) is 3.32. The van der Waals surface area contributed by atoms with Crippen LogP contribution >= 0.6 is 0 Å². The molecule has 0 radical (unpaired) electrons. The number of carbonyl (C=O) groups excluding carboxylic acids is 1. The zero-order chi connectivity index (χ0) is 11.3. The van der Waals surface area contributed by atoms with E-state index in [9.17, 15) is 4.79 Å². The summed E-state index contributed by atoms with van der Waals surface area (Å²) in [4.78, 5) is 10.6. The summed E-state index contributed by atoms with van der Waals surface area (Å²) in [6.45, 7) is 6.01. The molecule has 1 aromatic rings. The van der Waals surface area contributed by atoms with Gasteiger partial charge in [-0.25, -0.2) is 0 Å². The van der Waals surface area contributed by atoms with E-state index >= 15 is 0 Å². The first kappa shape index (κ1) is 11.3. The predicted molar refractivity (Wildman–Crippen MR) is 60.2 cm³/mol. The van der Waals surface area contributed by atoms with Crippen LogP contribution in [0.15, 0.2) is 12.1 Å². The van der Waals surface area contributed by atoms with Gasteiger partial charge in [0.15, 0.2) is 0 Å². The Morgan fingerprint density at radius 1 is 1.33 bits per heavy atom. The molecule has 1 rings (SSSR count). The molecule has 0 atom stereocenters. The van der Waals surface area contributed by atoms with E-state index in [1.807, 2.05) is 26.0 Å². The Balaban J connectivity index is 2.95. The highest BCUT2D eigenvalue weighted by Crippen LogP contribution is 2.23. The molecule has 0 saturated heterocycles. The van der Waals surface area contributed by atoms with Crippen LogP contribution in [0, 0.1) is 25.7 Å². The van der Waals surface area contributed by atoms with Crippen molar-refractivity contribution in [1.82, 2.24) is 0 Å². The van der Waals surface area contributed by atoms with Crippen molar-refractivity contribution in [2.45, 2.75) is 20.8 Å². The fourth-order valence-electron chi connectivity index (χ4n) is 1.46. The van der Waals surface area contributed by atoms with Crippen LogP contribution in [0.5, 0.6) is 5.75 Å². The summed E-state index contributed by atoms with van der Waals surface area (Å²) in [5.74, 6) is 6.43. The van der Waals surface area contributed by atoms with Crippen LogP contribution in [-0.2, 0) is 0 Å². The van der Waals surface area contributed by atoms with Gasteiger partial charge in [0.2, 0.25) is 0 Å². The van der Waals surface area contributed by atoms with Crippen molar-refractivity contribution in [1.29, 1.82) is 0 Å². The predicted octanol–water partition coefficient (Wildman–Crippen LogP) is 2.52. The first-order valence-electron chi connectivity index (χ1n) is 4.78. The van der Waals surface area contributed by atoms with Crippen LogP contribution < -0.4 is 4.74 Å². The maximum Gasteiger partial charge on any atom is 0.150 e. The third kappa shape index (κ3) is 2.85. The van der Waals surface area contributed by atoms with Gasteiger partial charge in [-0.1, -0.05) is 5.92 Å². The first-order valence-corrected chi connectivity index (χ1v) is 4.78. The fraction of sp³-hybridized carbons (Fsp3) is 0.308. The summed E-state index contributed by atoms with van der Waals surface area (Å²) >= 11 is 0. The molecule has 78 valence electrons. The van der Waals surface area contributed by atoms with E-state index in [4.69, 9.17) is 4.74 Å². The van der Waals surface area contributed by atoms with Gasteiger partial charge in [-0.05, 0) is 44.0 Å². The zero-order valence-corrected chi connectivity index (χ0v) is 9.26. The summed E-state index contributed by atoms with van der Waals surface area (Å²) in [5.41, 5.74) is 2.61. The summed E-state index contributed by atoms with van der Waals surface area (Å²) in [7, 11) is 0. The van der Waals surface area contributed by atoms with Gasteiger partial charge in [0.1, 0.15) is 18.6 Å². The van der Waals surface area contributed by atoms with Gasteiger partial charge in [-0.15, -0.1) is 5.92 Å². The Labute approximate surface area is 90.3 Å². The Kier molecular flexibility index (Phi) is 3.93. The summed E-state index contributed by atoms with van der Waals surface area (Å²) < 4.78 is 5.52. The van der Waals surface area contributed by atoms with Crippen molar-refractivity contribution in [3.8, 4) is 17.6 Å². The topological polar surface area (TPSA) is 26.3 Å². The molecule has 2 heteroatoms. The third-order valence-electron chi connectivity index (χ3n) is 2.08. The molecule has 0 spiro atoms. The van der Waals surface area contributed by atoms with E-state index in [0.29, 0.717) is 12.2 Å². The molecule has 0 amide bonds. The molecule has 0 unspecified atom stereocenters.